The van der Waals surface area contributed by atoms with Gasteiger partial charge in [-0.05, 0) is 25.3 Å². The van der Waals surface area contributed by atoms with E-state index in [2.05, 4.69) is 15.3 Å². The average Bonchev–Trinajstić information content (AvgIpc) is 2.51. The van der Waals surface area contributed by atoms with Crippen LogP contribution in [0.15, 0.2) is 36.7 Å². The number of amides is 1. The van der Waals surface area contributed by atoms with Crippen LogP contribution < -0.4 is 16.6 Å². The molecule has 22 heavy (non-hydrogen) atoms. The number of carbonyl (C=O) groups excluding carboxylic acids is 1. The van der Waals surface area contributed by atoms with Gasteiger partial charge in [0.1, 0.15) is 5.82 Å². The van der Waals surface area contributed by atoms with Gasteiger partial charge in [-0.2, -0.15) is 0 Å². The Hall–Kier alpha value is -2.54. The summed E-state index contributed by atoms with van der Waals surface area (Å²) in [6.07, 6.45) is 5.39. The third-order valence-corrected chi connectivity index (χ3v) is 3.99. The molecule has 1 amide bonds. The first-order chi connectivity index (χ1) is 10.6. The smallest absolute Gasteiger partial charge is 0.268 e. The summed E-state index contributed by atoms with van der Waals surface area (Å²) < 4.78 is 14.1. The van der Waals surface area contributed by atoms with Gasteiger partial charge >= 0.3 is 0 Å². The highest BCUT2D eigenvalue weighted by Crippen LogP contribution is 2.44. The molecule has 1 aromatic carbocycles. The van der Waals surface area contributed by atoms with E-state index < -0.39 is 11.4 Å². The van der Waals surface area contributed by atoms with Crippen LogP contribution in [0.5, 0.6) is 0 Å². The van der Waals surface area contributed by atoms with Gasteiger partial charge < -0.3 is 5.32 Å². The van der Waals surface area contributed by atoms with Crippen LogP contribution >= 0.6 is 0 Å². The van der Waals surface area contributed by atoms with Gasteiger partial charge in [0.05, 0.1) is 11.1 Å². The standard InChI is InChI=1S/C15H16FN5O/c16-12-5-2-1-4-11(12)15(6-3-7-15)20-14-18-8-10(9-19-14)13(22)21-17/h1-2,4-5,8-9H,3,6-7,17H2,(H,21,22)(H,18,19,20). The molecule has 0 aliphatic heterocycles. The second-order valence-corrected chi connectivity index (χ2v) is 5.31. The maximum atomic E-state index is 14.1. The Bertz CT molecular complexity index is 685. The molecule has 4 N–H and O–H groups in total. The number of nitrogens with two attached hydrogens (primary N) is 1. The average molecular weight is 301 g/mol. The summed E-state index contributed by atoms with van der Waals surface area (Å²) in [7, 11) is 0. The van der Waals surface area contributed by atoms with E-state index in [1.807, 2.05) is 11.5 Å². The number of anilines is 1. The number of hydrazine groups is 1. The van der Waals surface area contributed by atoms with E-state index in [1.54, 1.807) is 12.1 Å². The molecule has 1 aliphatic carbocycles. The Balaban J connectivity index is 1.84. The largest absolute Gasteiger partial charge is 0.345 e. The van der Waals surface area contributed by atoms with Crippen molar-refractivity contribution in [2.75, 3.05) is 5.32 Å². The molecule has 0 radical (unpaired) electrons. The molecule has 0 spiro atoms. The van der Waals surface area contributed by atoms with E-state index in [1.165, 1.54) is 18.5 Å². The van der Waals surface area contributed by atoms with Gasteiger partial charge in [-0.25, -0.2) is 20.2 Å². The molecule has 1 aromatic heterocycles. The zero-order valence-electron chi connectivity index (χ0n) is 11.8. The van der Waals surface area contributed by atoms with Gasteiger partial charge in [-0.15, -0.1) is 0 Å². The van der Waals surface area contributed by atoms with E-state index in [4.69, 9.17) is 5.84 Å². The summed E-state index contributed by atoms with van der Waals surface area (Å²) in [6.45, 7) is 0. The zero-order chi connectivity index (χ0) is 15.6. The highest BCUT2D eigenvalue weighted by molar-refractivity contribution is 5.93. The molecule has 3 rings (SSSR count). The van der Waals surface area contributed by atoms with Crippen molar-refractivity contribution in [2.45, 2.75) is 24.8 Å². The number of aromatic nitrogens is 2. The van der Waals surface area contributed by atoms with Gasteiger partial charge in [-0.1, -0.05) is 18.2 Å². The minimum Gasteiger partial charge on any atom is -0.345 e. The number of halogens is 1. The quantitative estimate of drug-likeness (QED) is 0.454. The van der Waals surface area contributed by atoms with Gasteiger partial charge in [0.2, 0.25) is 5.95 Å². The molecule has 0 unspecified atom stereocenters. The SMILES string of the molecule is NNC(=O)c1cnc(NC2(c3ccccc3F)CCC2)nc1. The first-order valence-electron chi connectivity index (χ1n) is 7.01. The molecule has 7 heteroatoms. The number of benzene rings is 1. The van der Waals surface area contributed by atoms with Crippen molar-refractivity contribution in [1.29, 1.82) is 0 Å². The maximum absolute atomic E-state index is 14.1. The predicted molar refractivity (Wildman–Crippen MR) is 79.2 cm³/mol. The van der Waals surface area contributed by atoms with Crippen LogP contribution in [0.25, 0.3) is 0 Å². The number of hydrogen-bond donors (Lipinski definition) is 3. The predicted octanol–water partition coefficient (Wildman–Crippen LogP) is 1.71. The van der Waals surface area contributed by atoms with Gasteiger partial charge in [0.25, 0.3) is 5.91 Å². The fourth-order valence-corrected chi connectivity index (χ4v) is 2.65. The number of rotatable bonds is 4. The van der Waals surface area contributed by atoms with Crippen LogP contribution in [0, 0.1) is 5.82 Å². The number of carbonyl (C=O) groups is 1. The van der Waals surface area contributed by atoms with Gasteiger partial charge in [0, 0.05) is 18.0 Å². The summed E-state index contributed by atoms with van der Waals surface area (Å²) in [5.74, 6) is 4.71. The van der Waals surface area contributed by atoms with Crippen molar-refractivity contribution in [1.82, 2.24) is 15.4 Å². The van der Waals surface area contributed by atoms with Gasteiger partial charge in [0.15, 0.2) is 0 Å². The lowest BCUT2D eigenvalue weighted by molar-refractivity contribution is 0.0953. The normalized spacial score (nSPS) is 15.7. The lowest BCUT2D eigenvalue weighted by atomic mass is 9.71. The van der Waals surface area contributed by atoms with Crippen LogP contribution in [-0.4, -0.2) is 15.9 Å². The Morgan fingerprint density at radius 2 is 1.91 bits per heavy atom. The van der Waals surface area contributed by atoms with Crippen LogP contribution in [0.4, 0.5) is 10.3 Å². The molecular formula is C15H16FN5O. The molecule has 0 saturated heterocycles. The maximum Gasteiger partial charge on any atom is 0.268 e. The van der Waals surface area contributed by atoms with E-state index in [9.17, 15) is 9.18 Å². The minimum atomic E-state index is -0.483. The topological polar surface area (TPSA) is 92.9 Å². The molecule has 1 aliphatic rings. The Morgan fingerprint density at radius 3 is 2.45 bits per heavy atom. The van der Waals surface area contributed by atoms with Crippen molar-refractivity contribution in [3.8, 4) is 0 Å². The summed E-state index contributed by atoms with van der Waals surface area (Å²) in [5.41, 5.74) is 2.42. The molecule has 1 saturated carbocycles. The molecule has 2 aromatic rings. The number of hydrogen-bond acceptors (Lipinski definition) is 5. The molecule has 0 atom stereocenters. The van der Waals surface area contributed by atoms with Crippen LogP contribution in [0.3, 0.4) is 0 Å². The Kier molecular flexibility index (Phi) is 3.72. The molecule has 6 nitrogen and oxygen atoms in total. The van der Waals surface area contributed by atoms with E-state index >= 15 is 0 Å². The van der Waals surface area contributed by atoms with Crippen molar-refractivity contribution < 1.29 is 9.18 Å². The summed E-state index contributed by atoms with van der Waals surface area (Å²) in [4.78, 5) is 19.6. The van der Waals surface area contributed by atoms with E-state index in [0.29, 0.717) is 11.5 Å². The highest BCUT2D eigenvalue weighted by atomic mass is 19.1. The molecule has 0 bridgehead atoms. The zero-order valence-corrected chi connectivity index (χ0v) is 11.8. The minimum absolute atomic E-state index is 0.242. The second-order valence-electron chi connectivity index (χ2n) is 5.31. The van der Waals surface area contributed by atoms with Gasteiger partial charge in [-0.3, -0.25) is 10.2 Å². The van der Waals surface area contributed by atoms with Crippen molar-refractivity contribution in [3.05, 3.63) is 53.6 Å². The summed E-state index contributed by atoms with van der Waals surface area (Å²) in [5, 5.41) is 3.21. The number of nitrogens with one attached hydrogen (secondary N) is 2. The monoisotopic (exact) mass is 301 g/mol. The van der Waals surface area contributed by atoms with E-state index in [-0.39, 0.29) is 11.4 Å². The fourth-order valence-electron chi connectivity index (χ4n) is 2.65. The van der Waals surface area contributed by atoms with Crippen LogP contribution in [0.2, 0.25) is 0 Å². The number of nitrogens with zero attached hydrogens (tertiary/aromatic N) is 2. The first-order valence-corrected chi connectivity index (χ1v) is 7.01. The van der Waals surface area contributed by atoms with Crippen LogP contribution in [0.1, 0.15) is 35.2 Å². The Morgan fingerprint density at radius 1 is 1.23 bits per heavy atom. The summed E-state index contributed by atoms with van der Waals surface area (Å²) >= 11 is 0. The second kappa shape index (κ2) is 5.69. The molecular weight excluding hydrogens is 285 g/mol. The number of nitrogen functional groups attached to an aromatic ring is 1. The summed E-state index contributed by atoms with van der Waals surface area (Å²) in [6, 6.07) is 6.71. The lowest BCUT2D eigenvalue weighted by Crippen LogP contribution is -2.43. The van der Waals surface area contributed by atoms with E-state index in [0.717, 1.165) is 19.3 Å². The Labute approximate surface area is 126 Å². The molecule has 1 heterocycles. The van der Waals surface area contributed by atoms with Crippen molar-refractivity contribution >= 4 is 11.9 Å². The van der Waals surface area contributed by atoms with Crippen molar-refractivity contribution in [2.24, 2.45) is 5.84 Å². The highest BCUT2D eigenvalue weighted by Gasteiger charge is 2.41. The van der Waals surface area contributed by atoms with Crippen molar-refractivity contribution in [3.63, 3.8) is 0 Å². The van der Waals surface area contributed by atoms with Crippen LogP contribution in [-0.2, 0) is 5.54 Å². The third kappa shape index (κ3) is 2.50. The fraction of sp³-hybridized carbons (Fsp3) is 0.267. The molecule has 114 valence electrons. The lowest BCUT2D eigenvalue weighted by Gasteiger charge is -2.43. The first kappa shape index (κ1) is 14.4. The molecule has 1 fully saturated rings. The third-order valence-electron chi connectivity index (χ3n) is 3.99.